The Bertz CT molecular complexity index is 594. The third-order valence-corrected chi connectivity index (χ3v) is 6.28. The number of nitrogens with one attached hydrogen (secondary N) is 2. The van der Waals surface area contributed by atoms with Crippen molar-refractivity contribution in [3.8, 4) is 0 Å². The van der Waals surface area contributed by atoms with Crippen molar-refractivity contribution >= 4 is 17.5 Å². The zero-order valence-corrected chi connectivity index (χ0v) is 17.2. The number of halogens is 1. The number of amides is 1. The predicted molar refractivity (Wildman–Crippen MR) is 126 cm³/mol. The van der Waals surface area contributed by atoms with Gasteiger partial charge in [0.05, 0.1) is 10.6 Å². The van der Waals surface area contributed by atoms with Gasteiger partial charge in [-0.3, -0.25) is 9.69 Å². The second-order valence-electron chi connectivity index (χ2n) is 8.10. The average molecular weight is 424 g/mol. The monoisotopic (exact) mass is 423 g/mol. The van der Waals surface area contributed by atoms with Crippen LogP contribution in [0.15, 0.2) is 18.2 Å². The average Bonchev–Trinajstić information content (AvgIpc) is 2.65. The molecule has 0 unspecified atom stereocenters. The van der Waals surface area contributed by atoms with Crippen LogP contribution in [0, 0.1) is 5.92 Å². The quantitative estimate of drug-likeness (QED) is 0.635. The summed E-state index contributed by atoms with van der Waals surface area (Å²) in [5, 5.41) is 7.02. The summed E-state index contributed by atoms with van der Waals surface area (Å²) in [5.41, 5.74) is 1.77. The van der Waals surface area contributed by atoms with Gasteiger partial charge in [-0.05, 0) is 30.0 Å². The van der Waals surface area contributed by atoms with E-state index in [1.807, 2.05) is 18.2 Å². The second kappa shape index (κ2) is 14.0. The summed E-state index contributed by atoms with van der Waals surface area (Å²) in [5.74, 6) is 0.730. The van der Waals surface area contributed by atoms with Crippen LogP contribution in [0.2, 0.25) is 5.02 Å². The minimum Gasteiger partial charge on any atom is -0.352 e. The molecule has 1 aromatic rings. The van der Waals surface area contributed by atoms with Gasteiger partial charge in [0, 0.05) is 39.3 Å². The Morgan fingerprint density at radius 2 is 1.72 bits per heavy atom. The Balaban J connectivity index is 0.00000210. The number of hydrogen-bond donors (Lipinski definition) is 2. The summed E-state index contributed by atoms with van der Waals surface area (Å²) < 4.78 is 0. The summed E-state index contributed by atoms with van der Waals surface area (Å²) in [6, 6.07) is 5.87. The van der Waals surface area contributed by atoms with Crippen LogP contribution in [0.3, 0.4) is 0 Å². The number of carbonyl (C=O) groups is 1. The first kappa shape index (κ1) is 25.9. The third kappa shape index (κ3) is 8.65. The largest absolute Gasteiger partial charge is 0.352 e. The summed E-state index contributed by atoms with van der Waals surface area (Å²) in [4.78, 5) is 15.1. The standard InChI is InChI=1S/C22H34ClN3O.2CH4/c23-21-9-8-19(17-26-14-12-24-13-15-26)16-20(21)22(27)25-11-10-18-6-4-2-1-3-5-7-18;;/h8-9,16,18,24H,1-7,10-15,17H2,(H,25,27);2*1H4. The number of hydrogen-bond acceptors (Lipinski definition) is 3. The lowest BCUT2D eigenvalue weighted by molar-refractivity contribution is 0.0950. The van der Waals surface area contributed by atoms with E-state index in [0.717, 1.165) is 57.2 Å². The van der Waals surface area contributed by atoms with Crippen molar-refractivity contribution in [2.75, 3.05) is 32.7 Å². The SMILES string of the molecule is C.C.O=C(NCCC1CCCCCCC1)c1cc(CN2CCNCC2)ccc1Cl. The lowest BCUT2D eigenvalue weighted by Crippen LogP contribution is -2.42. The molecule has 29 heavy (non-hydrogen) atoms. The Hall–Kier alpha value is -1.10. The molecular formula is C24H42ClN3O. The Morgan fingerprint density at radius 3 is 2.41 bits per heavy atom. The van der Waals surface area contributed by atoms with E-state index in [0.29, 0.717) is 10.6 Å². The molecular weight excluding hydrogens is 382 g/mol. The summed E-state index contributed by atoms with van der Waals surface area (Å²) in [7, 11) is 0. The fraction of sp³-hybridized carbons (Fsp3) is 0.708. The van der Waals surface area contributed by atoms with Gasteiger partial charge < -0.3 is 10.6 Å². The van der Waals surface area contributed by atoms with E-state index in [4.69, 9.17) is 11.6 Å². The molecule has 3 rings (SSSR count). The lowest BCUT2D eigenvalue weighted by Gasteiger charge is -2.27. The maximum atomic E-state index is 12.7. The zero-order chi connectivity index (χ0) is 18.9. The predicted octanol–water partition coefficient (Wildman–Crippen LogP) is 5.50. The highest BCUT2D eigenvalue weighted by molar-refractivity contribution is 6.33. The highest BCUT2D eigenvalue weighted by Gasteiger charge is 2.16. The van der Waals surface area contributed by atoms with Crippen LogP contribution in [0.1, 0.15) is 82.1 Å². The molecule has 0 atom stereocenters. The first-order valence-electron chi connectivity index (χ1n) is 10.7. The van der Waals surface area contributed by atoms with Crippen molar-refractivity contribution in [1.29, 1.82) is 0 Å². The smallest absolute Gasteiger partial charge is 0.252 e. The highest BCUT2D eigenvalue weighted by atomic mass is 35.5. The normalized spacial score (nSPS) is 18.7. The maximum absolute atomic E-state index is 12.7. The maximum Gasteiger partial charge on any atom is 0.252 e. The second-order valence-corrected chi connectivity index (χ2v) is 8.50. The molecule has 0 aromatic heterocycles. The Morgan fingerprint density at radius 1 is 1.07 bits per heavy atom. The van der Waals surface area contributed by atoms with Gasteiger partial charge in [0.1, 0.15) is 0 Å². The topological polar surface area (TPSA) is 44.4 Å². The first-order chi connectivity index (χ1) is 13.2. The molecule has 1 aliphatic carbocycles. The minimum absolute atomic E-state index is 0. The van der Waals surface area contributed by atoms with Crippen molar-refractivity contribution in [3.63, 3.8) is 0 Å². The van der Waals surface area contributed by atoms with Gasteiger partial charge in [-0.1, -0.05) is 77.5 Å². The van der Waals surface area contributed by atoms with E-state index < -0.39 is 0 Å². The molecule has 0 bridgehead atoms. The Kier molecular flexibility index (Phi) is 12.5. The van der Waals surface area contributed by atoms with Crippen LogP contribution < -0.4 is 10.6 Å². The lowest BCUT2D eigenvalue weighted by atomic mass is 9.89. The molecule has 166 valence electrons. The van der Waals surface area contributed by atoms with E-state index in [9.17, 15) is 4.79 Å². The van der Waals surface area contributed by atoms with Gasteiger partial charge in [0.2, 0.25) is 0 Å². The highest BCUT2D eigenvalue weighted by Crippen LogP contribution is 2.24. The molecule has 2 N–H and O–H groups in total. The van der Waals surface area contributed by atoms with Crippen LogP contribution in [0.5, 0.6) is 0 Å². The van der Waals surface area contributed by atoms with Crippen molar-refractivity contribution in [2.24, 2.45) is 5.92 Å². The van der Waals surface area contributed by atoms with E-state index in [1.165, 1.54) is 44.9 Å². The molecule has 1 saturated carbocycles. The van der Waals surface area contributed by atoms with Gasteiger partial charge in [-0.15, -0.1) is 0 Å². The summed E-state index contributed by atoms with van der Waals surface area (Å²) in [6.07, 6.45) is 10.6. The van der Waals surface area contributed by atoms with E-state index in [1.54, 1.807) is 0 Å². The van der Waals surface area contributed by atoms with Crippen LogP contribution in [-0.4, -0.2) is 43.5 Å². The minimum atomic E-state index is -0.0343. The van der Waals surface area contributed by atoms with Gasteiger partial charge in [0.15, 0.2) is 0 Å². The number of nitrogens with zero attached hydrogens (tertiary/aromatic N) is 1. The number of benzene rings is 1. The van der Waals surface area contributed by atoms with Crippen molar-refractivity contribution < 1.29 is 4.79 Å². The first-order valence-corrected chi connectivity index (χ1v) is 11.1. The summed E-state index contributed by atoms with van der Waals surface area (Å²) in [6.45, 7) is 5.78. The molecule has 1 saturated heterocycles. The van der Waals surface area contributed by atoms with Crippen LogP contribution in [0.4, 0.5) is 0 Å². The molecule has 1 heterocycles. The van der Waals surface area contributed by atoms with E-state index in [2.05, 4.69) is 15.5 Å². The fourth-order valence-corrected chi connectivity index (χ4v) is 4.49. The number of rotatable bonds is 6. The van der Waals surface area contributed by atoms with Crippen molar-refractivity contribution in [3.05, 3.63) is 34.3 Å². The zero-order valence-electron chi connectivity index (χ0n) is 16.4. The Labute approximate surface area is 183 Å². The molecule has 1 aliphatic heterocycles. The molecule has 0 radical (unpaired) electrons. The number of carbonyl (C=O) groups excluding carboxylic acids is 1. The van der Waals surface area contributed by atoms with Crippen LogP contribution >= 0.6 is 11.6 Å². The molecule has 5 heteroatoms. The molecule has 1 aromatic carbocycles. The molecule has 4 nitrogen and oxygen atoms in total. The molecule has 1 amide bonds. The molecule has 2 aliphatic rings. The van der Waals surface area contributed by atoms with Gasteiger partial charge in [-0.25, -0.2) is 0 Å². The van der Waals surface area contributed by atoms with Gasteiger partial charge in [0.25, 0.3) is 5.91 Å². The number of piperazine rings is 1. The summed E-state index contributed by atoms with van der Waals surface area (Å²) >= 11 is 6.32. The van der Waals surface area contributed by atoms with E-state index in [-0.39, 0.29) is 20.8 Å². The molecule has 0 spiro atoms. The van der Waals surface area contributed by atoms with Gasteiger partial charge in [-0.2, -0.15) is 0 Å². The van der Waals surface area contributed by atoms with E-state index >= 15 is 0 Å². The van der Waals surface area contributed by atoms with Crippen molar-refractivity contribution in [2.45, 2.75) is 72.8 Å². The van der Waals surface area contributed by atoms with Crippen LogP contribution in [-0.2, 0) is 6.54 Å². The molecule has 2 fully saturated rings. The van der Waals surface area contributed by atoms with Gasteiger partial charge >= 0.3 is 0 Å². The fourth-order valence-electron chi connectivity index (χ4n) is 4.29. The van der Waals surface area contributed by atoms with Crippen LogP contribution in [0.25, 0.3) is 0 Å². The third-order valence-electron chi connectivity index (χ3n) is 5.95. The van der Waals surface area contributed by atoms with Crippen molar-refractivity contribution in [1.82, 2.24) is 15.5 Å².